The van der Waals surface area contributed by atoms with E-state index in [-0.39, 0.29) is 16.5 Å². The lowest BCUT2D eigenvalue weighted by atomic mass is 9.86. The Morgan fingerprint density at radius 2 is 1.88 bits per heavy atom. The number of benzene rings is 2. The van der Waals surface area contributed by atoms with Crippen LogP contribution < -0.4 is 0 Å². The number of aryl methyl sites for hydroxylation is 1. The molecule has 0 aromatic heterocycles. The second-order valence-corrected chi connectivity index (χ2v) is 7.67. The van der Waals surface area contributed by atoms with E-state index in [4.69, 9.17) is 0 Å². The minimum atomic E-state index is -0.935. The lowest BCUT2D eigenvalue weighted by molar-refractivity contribution is -0.132. The molecule has 7 heteroatoms. The van der Waals surface area contributed by atoms with Gasteiger partial charge in [-0.1, -0.05) is 17.8 Å². The summed E-state index contributed by atoms with van der Waals surface area (Å²) < 4.78 is 41.8. The normalized spacial score (nSPS) is 21.7. The molecule has 2 aliphatic rings. The summed E-state index contributed by atoms with van der Waals surface area (Å²) in [5, 5.41) is 5.80. The number of hydrogen-bond donors (Lipinski definition) is 0. The summed E-state index contributed by atoms with van der Waals surface area (Å²) in [5.74, 6) is -1.94. The number of thioether (sulfide) groups is 1. The number of carbonyl (C=O) groups excluding carboxylic acids is 1. The highest BCUT2D eigenvalue weighted by atomic mass is 32.2. The molecule has 1 heterocycles. The molecule has 1 amide bonds. The highest BCUT2D eigenvalue weighted by Gasteiger charge is 2.50. The SMILES string of the molecule is CC(=O)N1N=C(c2cc(F)ccc2F)SC12CCCc1ccc(F)cc12. The van der Waals surface area contributed by atoms with E-state index in [9.17, 15) is 18.0 Å². The second-order valence-electron chi connectivity index (χ2n) is 6.40. The van der Waals surface area contributed by atoms with Crippen LogP contribution in [0.15, 0.2) is 41.5 Å². The Kier molecular flexibility index (Phi) is 4.06. The maximum atomic E-state index is 14.2. The average molecular weight is 376 g/mol. The van der Waals surface area contributed by atoms with Crippen LogP contribution in [-0.2, 0) is 16.1 Å². The first-order valence-corrected chi connectivity index (χ1v) is 9.05. The quantitative estimate of drug-likeness (QED) is 0.731. The molecule has 1 aliphatic carbocycles. The van der Waals surface area contributed by atoms with Crippen LogP contribution in [0.5, 0.6) is 0 Å². The largest absolute Gasteiger partial charge is 0.273 e. The summed E-state index contributed by atoms with van der Waals surface area (Å²) >= 11 is 1.18. The molecule has 3 nitrogen and oxygen atoms in total. The van der Waals surface area contributed by atoms with Gasteiger partial charge in [0.25, 0.3) is 0 Å². The molecule has 26 heavy (non-hydrogen) atoms. The molecule has 2 aromatic carbocycles. The zero-order valence-electron chi connectivity index (χ0n) is 13.9. The van der Waals surface area contributed by atoms with Crippen LogP contribution in [0, 0.1) is 17.5 Å². The van der Waals surface area contributed by atoms with Crippen LogP contribution >= 0.6 is 11.8 Å². The van der Waals surface area contributed by atoms with Crippen molar-refractivity contribution in [2.75, 3.05) is 0 Å². The summed E-state index contributed by atoms with van der Waals surface area (Å²) in [6.45, 7) is 1.37. The van der Waals surface area contributed by atoms with Gasteiger partial charge in [0.1, 0.15) is 27.4 Å². The van der Waals surface area contributed by atoms with Gasteiger partial charge in [-0.2, -0.15) is 5.10 Å². The summed E-state index contributed by atoms with van der Waals surface area (Å²) in [4.78, 5) is 11.4. The molecule has 0 N–H and O–H groups in total. The maximum Gasteiger partial charge on any atom is 0.241 e. The van der Waals surface area contributed by atoms with Crippen LogP contribution in [0.4, 0.5) is 13.2 Å². The fraction of sp³-hybridized carbons (Fsp3) is 0.263. The van der Waals surface area contributed by atoms with E-state index in [1.807, 2.05) is 0 Å². The van der Waals surface area contributed by atoms with E-state index < -0.39 is 22.3 Å². The molecule has 2 aromatic rings. The highest BCUT2D eigenvalue weighted by Crippen LogP contribution is 2.53. The molecular weight excluding hydrogens is 361 g/mol. The fourth-order valence-corrected chi connectivity index (χ4v) is 5.11. The third kappa shape index (κ3) is 2.61. The Bertz CT molecular complexity index is 946. The van der Waals surface area contributed by atoms with E-state index in [1.165, 1.54) is 35.8 Å². The predicted octanol–water partition coefficient (Wildman–Crippen LogP) is 4.55. The first-order valence-electron chi connectivity index (χ1n) is 8.23. The van der Waals surface area contributed by atoms with Gasteiger partial charge in [-0.05, 0) is 60.7 Å². The van der Waals surface area contributed by atoms with Crippen molar-refractivity contribution < 1.29 is 18.0 Å². The number of hydrazone groups is 1. The number of nitrogens with zero attached hydrogens (tertiary/aromatic N) is 2. The van der Waals surface area contributed by atoms with E-state index in [1.54, 1.807) is 6.07 Å². The van der Waals surface area contributed by atoms with Gasteiger partial charge in [0.05, 0.1) is 0 Å². The standard InChI is InChI=1S/C19H15F3N2OS/c1-11(25)24-19(8-2-3-12-4-5-14(21)10-16(12)19)26-18(23-24)15-9-13(20)6-7-17(15)22/h4-7,9-10H,2-3,8H2,1H3. The van der Waals surface area contributed by atoms with E-state index in [0.29, 0.717) is 12.0 Å². The van der Waals surface area contributed by atoms with E-state index >= 15 is 0 Å². The highest BCUT2D eigenvalue weighted by molar-refractivity contribution is 8.15. The molecule has 0 fully saturated rings. The summed E-state index contributed by atoms with van der Waals surface area (Å²) in [7, 11) is 0. The van der Waals surface area contributed by atoms with Crippen LogP contribution in [0.2, 0.25) is 0 Å². The van der Waals surface area contributed by atoms with Gasteiger partial charge in [0, 0.05) is 12.5 Å². The second kappa shape index (κ2) is 6.16. The molecule has 1 spiro atoms. The minimum Gasteiger partial charge on any atom is -0.273 e. The van der Waals surface area contributed by atoms with Crippen molar-refractivity contribution in [1.82, 2.24) is 5.01 Å². The van der Waals surface area contributed by atoms with Crippen molar-refractivity contribution >= 4 is 22.7 Å². The summed E-state index contributed by atoms with van der Waals surface area (Å²) in [6.07, 6.45) is 2.11. The maximum absolute atomic E-state index is 14.2. The Hall–Kier alpha value is -2.28. The Morgan fingerprint density at radius 3 is 2.65 bits per heavy atom. The monoisotopic (exact) mass is 376 g/mol. The van der Waals surface area contributed by atoms with Crippen LogP contribution in [0.3, 0.4) is 0 Å². The molecule has 4 rings (SSSR count). The van der Waals surface area contributed by atoms with Crippen molar-refractivity contribution in [3.05, 3.63) is 70.5 Å². The van der Waals surface area contributed by atoms with E-state index in [0.717, 1.165) is 36.6 Å². The molecule has 0 saturated heterocycles. The minimum absolute atomic E-state index is 0.00153. The predicted molar refractivity (Wildman–Crippen MR) is 94.0 cm³/mol. The molecule has 134 valence electrons. The van der Waals surface area contributed by atoms with Crippen molar-refractivity contribution in [2.45, 2.75) is 31.1 Å². The number of amides is 1. The lowest BCUT2D eigenvalue weighted by Gasteiger charge is -2.39. The number of carbonyl (C=O) groups is 1. The summed E-state index contributed by atoms with van der Waals surface area (Å²) in [5.41, 5.74) is 1.61. The first-order chi connectivity index (χ1) is 12.4. The molecule has 0 saturated carbocycles. The van der Waals surface area contributed by atoms with Crippen LogP contribution in [0.25, 0.3) is 0 Å². The topological polar surface area (TPSA) is 32.7 Å². The Labute approximate surface area is 152 Å². The summed E-state index contributed by atoms with van der Waals surface area (Å²) in [6, 6.07) is 7.65. The number of hydrogen-bond acceptors (Lipinski definition) is 3. The fourth-order valence-electron chi connectivity index (χ4n) is 3.60. The molecule has 1 aliphatic heterocycles. The Morgan fingerprint density at radius 1 is 1.15 bits per heavy atom. The van der Waals surface area contributed by atoms with Crippen molar-refractivity contribution in [1.29, 1.82) is 0 Å². The zero-order chi connectivity index (χ0) is 18.5. The van der Waals surface area contributed by atoms with Crippen LogP contribution in [0.1, 0.15) is 36.5 Å². The van der Waals surface area contributed by atoms with Crippen molar-refractivity contribution in [3.8, 4) is 0 Å². The molecule has 0 bridgehead atoms. The molecule has 1 unspecified atom stereocenters. The zero-order valence-corrected chi connectivity index (χ0v) is 14.7. The van der Waals surface area contributed by atoms with E-state index in [2.05, 4.69) is 5.10 Å². The number of halogens is 3. The van der Waals surface area contributed by atoms with Gasteiger partial charge in [-0.25, -0.2) is 18.2 Å². The third-order valence-corrected chi connectivity index (χ3v) is 6.14. The molecule has 0 radical (unpaired) electrons. The van der Waals surface area contributed by atoms with Gasteiger partial charge < -0.3 is 0 Å². The van der Waals surface area contributed by atoms with Gasteiger partial charge in [-0.15, -0.1) is 0 Å². The third-order valence-electron chi connectivity index (χ3n) is 4.71. The van der Waals surface area contributed by atoms with Gasteiger partial charge in [-0.3, -0.25) is 4.79 Å². The van der Waals surface area contributed by atoms with Crippen molar-refractivity contribution in [2.24, 2.45) is 5.10 Å². The lowest BCUT2D eigenvalue weighted by Crippen LogP contribution is -2.42. The first kappa shape index (κ1) is 17.1. The van der Waals surface area contributed by atoms with Gasteiger partial charge in [0.15, 0.2) is 0 Å². The Balaban J connectivity index is 1.86. The van der Waals surface area contributed by atoms with Crippen molar-refractivity contribution in [3.63, 3.8) is 0 Å². The van der Waals surface area contributed by atoms with Crippen LogP contribution in [-0.4, -0.2) is 16.0 Å². The molecule has 1 atom stereocenters. The average Bonchev–Trinajstić information content (AvgIpc) is 2.98. The number of fused-ring (bicyclic) bond motifs is 2. The van der Waals surface area contributed by atoms with Gasteiger partial charge in [0.2, 0.25) is 5.91 Å². The molecular formula is C19H15F3N2OS. The van der Waals surface area contributed by atoms with Gasteiger partial charge >= 0.3 is 0 Å². The number of rotatable bonds is 1. The smallest absolute Gasteiger partial charge is 0.241 e.